The first kappa shape index (κ1) is 18.8. The van der Waals surface area contributed by atoms with E-state index < -0.39 is 12.2 Å². The van der Waals surface area contributed by atoms with E-state index in [-0.39, 0.29) is 5.41 Å². The number of aliphatic imine (C=N–C) groups is 1. The van der Waals surface area contributed by atoms with Crippen LogP contribution in [0.3, 0.4) is 0 Å². The second kappa shape index (κ2) is 6.61. The van der Waals surface area contributed by atoms with Crippen molar-refractivity contribution in [1.82, 2.24) is 15.1 Å². The third kappa shape index (κ3) is 3.35. The predicted octanol–water partition coefficient (Wildman–Crippen LogP) is 1.94. The molecule has 5 nitrogen and oxygen atoms in total. The van der Waals surface area contributed by atoms with Crippen LogP contribution in [0, 0.1) is 11.3 Å². The average Bonchev–Trinajstić information content (AvgIpc) is 3.01. The van der Waals surface area contributed by atoms with Gasteiger partial charge in [-0.2, -0.15) is 13.2 Å². The standard InChI is InChI=1S/C17H29F3N4O/c1-11(17(18,19)20)23-6-8-24(9-7-23)15(21-4)22-13-12-5-10-25-14(12)16(13,2)3/h11-14H,5-10H2,1-4H3,(H,21,22). The van der Waals surface area contributed by atoms with Crippen LogP contribution in [0.15, 0.2) is 4.99 Å². The second-order valence-corrected chi connectivity index (χ2v) is 7.98. The topological polar surface area (TPSA) is 40.1 Å². The fourth-order valence-electron chi connectivity index (χ4n) is 4.58. The Morgan fingerprint density at radius 3 is 2.44 bits per heavy atom. The lowest BCUT2D eigenvalue weighted by molar-refractivity contribution is -0.181. The van der Waals surface area contributed by atoms with Crippen molar-refractivity contribution in [3.8, 4) is 0 Å². The lowest BCUT2D eigenvalue weighted by Crippen LogP contribution is -2.69. The Hall–Kier alpha value is -1.02. The van der Waals surface area contributed by atoms with Gasteiger partial charge in [0, 0.05) is 57.2 Å². The Bertz CT molecular complexity index is 515. The minimum atomic E-state index is -4.17. The Balaban J connectivity index is 1.57. The molecule has 0 amide bonds. The van der Waals surface area contributed by atoms with Gasteiger partial charge in [-0.05, 0) is 13.3 Å². The van der Waals surface area contributed by atoms with Gasteiger partial charge in [-0.25, -0.2) is 0 Å². The summed E-state index contributed by atoms with van der Waals surface area (Å²) >= 11 is 0. The number of ether oxygens (including phenoxy) is 1. The fourth-order valence-corrected chi connectivity index (χ4v) is 4.58. The third-order valence-electron chi connectivity index (χ3n) is 6.23. The zero-order valence-corrected chi connectivity index (χ0v) is 15.4. The smallest absolute Gasteiger partial charge is 0.377 e. The number of rotatable bonds is 2. The van der Waals surface area contributed by atoms with E-state index >= 15 is 0 Å². The number of guanidine groups is 1. The molecule has 4 atom stereocenters. The molecule has 0 radical (unpaired) electrons. The van der Waals surface area contributed by atoms with Crippen molar-refractivity contribution < 1.29 is 17.9 Å². The first-order valence-electron chi connectivity index (χ1n) is 9.07. The Morgan fingerprint density at radius 1 is 1.24 bits per heavy atom. The molecular formula is C17H29F3N4O. The highest BCUT2D eigenvalue weighted by Crippen LogP contribution is 2.52. The highest BCUT2D eigenvalue weighted by molar-refractivity contribution is 5.80. The van der Waals surface area contributed by atoms with Crippen LogP contribution in [0.4, 0.5) is 13.2 Å². The van der Waals surface area contributed by atoms with Crippen molar-refractivity contribution in [3.05, 3.63) is 0 Å². The monoisotopic (exact) mass is 362 g/mol. The number of fused-ring (bicyclic) bond motifs is 1. The summed E-state index contributed by atoms with van der Waals surface area (Å²) in [4.78, 5) is 7.95. The quantitative estimate of drug-likeness (QED) is 0.602. The van der Waals surface area contributed by atoms with Crippen molar-refractivity contribution in [2.45, 2.75) is 51.6 Å². The maximum atomic E-state index is 12.9. The molecule has 0 aromatic carbocycles. The van der Waals surface area contributed by atoms with Gasteiger partial charge >= 0.3 is 6.18 Å². The predicted molar refractivity (Wildman–Crippen MR) is 90.6 cm³/mol. The molecule has 3 fully saturated rings. The van der Waals surface area contributed by atoms with Gasteiger partial charge in [0.2, 0.25) is 0 Å². The van der Waals surface area contributed by atoms with Crippen LogP contribution in [-0.2, 0) is 4.74 Å². The molecule has 25 heavy (non-hydrogen) atoms. The SMILES string of the molecule is CN=C(NC1C2CCOC2C1(C)C)N1CCN(C(C)C(F)(F)F)CC1. The molecule has 0 aromatic rings. The Kier molecular flexibility index (Phi) is 4.96. The van der Waals surface area contributed by atoms with Gasteiger partial charge in [0.1, 0.15) is 6.04 Å². The first-order valence-corrected chi connectivity index (χ1v) is 9.07. The highest BCUT2D eigenvalue weighted by atomic mass is 19.4. The van der Waals surface area contributed by atoms with Crippen LogP contribution in [0.2, 0.25) is 0 Å². The van der Waals surface area contributed by atoms with E-state index in [0.717, 1.165) is 19.0 Å². The van der Waals surface area contributed by atoms with E-state index in [4.69, 9.17) is 4.74 Å². The van der Waals surface area contributed by atoms with Gasteiger partial charge in [-0.1, -0.05) is 13.8 Å². The van der Waals surface area contributed by atoms with E-state index in [1.165, 1.54) is 11.8 Å². The van der Waals surface area contributed by atoms with Crippen molar-refractivity contribution in [3.63, 3.8) is 0 Å². The number of nitrogens with zero attached hydrogens (tertiary/aromatic N) is 3. The molecule has 1 saturated carbocycles. The van der Waals surface area contributed by atoms with Crippen molar-refractivity contribution in [1.29, 1.82) is 0 Å². The van der Waals surface area contributed by atoms with Gasteiger partial charge in [-0.15, -0.1) is 0 Å². The molecule has 3 aliphatic rings. The molecule has 2 aliphatic heterocycles. The van der Waals surface area contributed by atoms with Crippen molar-refractivity contribution in [2.24, 2.45) is 16.3 Å². The molecule has 0 spiro atoms. The number of piperazine rings is 1. The summed E-state index contributed by atoms with van der Waals surface area (Å²) in [6.07, 6.45) is -2.82. The minimum Gasteiger partial charge on any atom is -0.377 e. The van der Waals surface area contributed by atoms with Crippen LogP contribution in [0.5, 0.6) is 0 Å². The average molecular weight is 362 g/mol. The van der Waals surface area contributed by atoms with Crippen LogP contribution >= 0.6 is 0 Å². The van der Waals surface area contributed by atoms with E-state index in [2.05, 4.69) is 29.1 Å². The lowest BCUT2D eigenvalue weighted by atomic mass is 9.57. The molecule has 4 unspecified atom stereocenters. The molecule has 3 rings (SSSR count). The molecular weight excluding hydrogens is 333 g/mol. The molecule has 2 heterocycles. The summed E-state index contributed by atoms with van der Waals surface area (Å²) in [5, 5.41) is 3.56. The molecule has 1 aliphatic carbocycles. The Morgan fingerprint density at radius 2 is 1.88 bits per heavy atom. The summed E-state index contributed by atoms with van der Waals surface area (Å²) in [5.41, 5.74) is 0.0454. The summed E-state index contributed by atoms with van der Waals surface area (Å²) in [6, 6.07) is -1.10. The van der Waals surface area contributed by atoms with Crippen LogP contribution in [0.25, 0.3) is 0 Å². The largest absolute Gasteiger partial charge is 0.403 e. The first-order chi connectivity index (χ1) is 11.7. The highest BCUT2D eigenvalue weighted by Gasteiger charge is 2.59. The van der Waals surface area contributed by atoms with Gasteiger partial charge in [0.25, 0.3) is 0 Å². The van der Waals surface area contributed by atoms with E-state index in [1.807, 2.05) is 0 Å². The lowest BCUT2D eigenvalue weighted by Gasteiger charge is -2.55. The summed E-state index contributed by atoms with van der Waals surface area (Å²) in [7, 11) is 1.74. The maximum absolute atomic E-state index is 12.9. The van der Waals surface area contributed by atoms with Crippen LogP contribution in [-0.4, -0.2) is 80.0 Å². The molecule has 1 N–H and O–H groups in total. The molecule has 8 heteroatoms. The summed E-state index contributed by atoms with van der Waals surface area (Å²) in [6.45, 7) is 8.34. The maximum Gasteiger partial charge on any atom is 0.403 e. The van der Waals surface area contributed by atoms with E-state index in [9.17, 15) is 13.2 Å². The minimum absolute atomic E-state index is 0.0454. The second-order valence-electron chi connectivity index (χ2n) is 7.98. The number of alkyl halides is 3. The summed E-state index contributed by atoms with van der Waals surface area (Å²) in [5.74, 6) is 1.29. The zero-order chi connectivity index (χ0) is 18.4. The number of nitrogens with one attached hydrogen (secondary N) is 1. The Labute approximate surface area is 147 Å². The number of hydrogen-bond donors (Lipinski definition) is 1. The van der Waals surface area contributed by atoms with E-state index in [0.29, 0.717) is 44.2 Å². The third-order valence-corrected chi connectivity index (χ3v) is 6.23. The van der Waals surface area contributed by atoms with Gasteiger partial charge in [0.05, 0.1) is 6.10 Å². The summed E-state index contributed by atoms with van der Waals surface area (Å²) < 4.78 is 44.5. The van der Waals surface area contributed by atoms with Crippen molar-refractivity contribution in [2.75, 3.05) is 39.8 Å². The van der Waals surface area contributed by atoms with Crippen molar-refractivity contribution >= 4 is 5.96 Å². The normalized spacial score (nSPS) is 34.4. The molecule has 2 saturated heterocycles. The van der Waals surface area contributed by atoms with Gasteiger partial charge < -0.3 is 15.0 Å². The van der Waals surface area contributed by atoms with E-state index in [1.54, 1.807) is 7.05 Å². The number of halogens is 3. The van der Waals surface area contributed by atoms with Gasteiger partial charge in [-0.3, -0.25) is 9.89 Å². The van der Waals surface area contributed by atoms with Gasteiger partial charge in [0.15, 0.2) is 5.96 Å². The van der Waals surface area contributed by atoms with Crippen LogP contribution in [0.1, 0.15) is 27.2 Å². The fraction of sp³-hybridized carbons (Fsp3) is 0.941. The number of hydrogen-bond acceptors (Lipinski definition) is 3. The molecule has 0 aromatic heterocycles. The zero-order valence-electron chi connectivity index (χ0n) is 15.4. The van der Waals surface area contributed by atoms with Crippen LogP contribution < -0.4 is 5.32 Å². The molecule has 0 bridgehead atoms. The molecule has 144 valence electrons.